The Labute approximate surface area is 380 Å². The molecule has 1 aliphatic rings. The van der Waals surface area contributed by atoms with Crippen molar-refractivity contribution in [3.8, 4) is 56.4 Å². The lowest BCUT2D eigenvalue weighted by Crippen LogP contribution is -2.15. The molecule has 0 amide bonds. The Morgan fingerprint density at radius 3 is 1.82 bits per heavy atom. The molecule has 0 spiro atoms. The summed E-state index contributed by atoms with van der Waals surface area (Å²) >= 11 is 0. The van der Waals surface area contributed by atoms with Crippen LogP contribution in [-0.2, 0) is 5.41 Å². The van der Waals surface area contributed by atoms with Gasteiger partial charge in [0.15, 0.2) is 5.82 Å². The number of nitrogens with zero attached hydrogens (tertiary/aromatic N) is 4. The molecule has 0 radical (unpaired) electrons. The minimum absolute atomic E-state index is 0.173. The molecule has 0 atom stereocenters. The van der Waals surface area contributed by atoms with E-state index in [0.29, 0.717) is 5.82 Å². The number of rotatable bonds is 5. The van der Waals surface area contributed by atoms with Gasteiger partial charge in [-0.25, -0.2) is 9.97 Å². The van der Waals surface area contributed by atoms with Crippen LogP contribution in [0.2, 0.25) is 0 Å². The molecule has 0 saturated heterocycles. The van der Waals surface area contributed by atoms with Crippen LogP contribution >= 0.6 is 0 Å². The van der Waals surface area contributed by atoms with Gasteiger partial charge in [0.1, 0.15) is 17.0 Å². The van der Waals surface area contributed by atoms with Crippen molar-refractivity contribution in [2.75, 3.05) is 0 Å². The van der Waals surface area contributed by atoms with Crippen molar-refractivity contribution < 1.29 is 4.42 Å². The highest BCUT2D eigenvalue weighted by Crippen LogP contribution is 2.51. The zero-order chi connectivity index (χ0) is 43.7. The molecule has 0 N–H and O–H groups in total. The smallest absolute Gasteiger partial charge is 0.162 e. The molecule has 5 nitrogen and oxygen atoms in total. The van der Waals surface area contributed by atoms with Crippen molar-refractivity contribution in [2.45, 2.75) is 19.3 Å². The highest BCUT2D eigenvalue weighted by Gasteiger charge is 2.36. The van der Waals surface area contributed by atoms with Crippen LogP contribution in [-0.4, -0.2) is 19.1 Å². The average molecular weight is 845 g/mol. The van der Waals surface area contributed by atoms with Crippen LogP contribution in [0.15, 0.2) is 211 Å². The molecule has 13 aromatic rings. The fraction of sp³-hybridized carbons (Fsp3) is 0.0492. The van der Waals surface area contributed by atoms with Crippen LogP contribution in [0.3, 0.4) is 0 Å². The molecule has 4 aromatic heterocycles. The van der Waals surface area contributed by atoms with Crippen molar-refractivity contribution in [3.63, 3.8) is 0 Å². The zero-order valence-electron chi connectivity index (χ0n) is 36.3. The maximum Gasteiger partial charge on any atom is 0.162 e. The van der Waals surface area contributed by atoms with E-state index in [4.69, 9.17) is 14.4 Å². The minimum atomic E-state index is -0.173. The molecule has 0 fully saturated rings. The van der Waals surface area contributed by atoms with Gasteiger partial charge in [-0.2, -0.15) is 0 Å². The van der Waals surface area contributed by atoms with E-state index < -0.39 is 0 Å². The summed E-state index contributed by atoms with van der Waals surface area (Å²) < 4.78 is 11.4. The molecule has 0 aliphatic heterocycles. The standard InChI is InChI=1S/C61H40N4O/c1-61(2)50-24-14-12-22-42(50)44-32-47-45-30-39(26-28-54(45)65(55(47)34-51(44)61)59-35-52(37-16-6-3-7-17-37)62-60(63-59)38-18-8-4-9-19-38)40-27-29-57-48(31-40)49-33-46-43-23-13-15-25-53(43)64(41-20-10-5-11-21-41)56(46)36-58(49)66-57/h3-36H,1-2H3. The quantitative estimate of drug-likeness (QED) is 0.173. The van der Waals surface area contributed by atoms with Gasteiger partial charge in [0, 0.05) is 66.7 Å². The SMILES string of the molecule is CC1(C)c2ccccc2-c2cc3c4cc(-c5ccc6oc7cc8c(cc7c6c5)c5ccccc5n8-c5ccccc5)ccc4n(-c4cc(-c5ccccc5)nc(-c5ccccc5)n4)c3cc21. The summed E-state index contributed by atoms with van der Waals surface area (Å²) in [4.78, 5) is 10.5. The Hall–Kier alpha value is -8.54. The third-order valence-corrected chi connectivity index (χ3v) is 14.1. The van der Waals surface area contributed by atoms with Crippen molar-refractivity contribution in [3.05, 3.63) is 217 Å². The van der Waals surface area contributed by atoms with Gasteiger partial charge in [0.25, 0.3) is 0 Å². The highest BCUT2D eigenvalue weighted by molar-refractivity contribution is 6.18. The van der Waals surface area contributed by atoms with E-state index in [1.165, 1.54) is 49.3 Å². The van der Waals surface area contributed by atoms with Gasteiger partial charge < -0.3 is 8.98 Å². The number of hydrogen-bond acceptors (Lipinski definition) is 3. The van der Waals surface area contributed by atoms with Gasteiger partial charge in [0.2, 0.25) is 0 Å². The summed E-state index contributed by atoms with van der Waals surface area (Å²) in [6.45, 7) is 4.70. The first-order valence-electron chi connectivity index (χ1n) is 22.6. The first-order chi connectivity index (χ1) is 32.5. The van der Waals surface area contributed by atoms with Gasteiger partial charge in [0.05, 0.1) is 27.8 Å². The van der Waals surface area contributed by atoms with Gasteiger partial charge in [-0.15, -0.1) is 0 Å². The maximum atomic E-state index is 6.66. The van der Waals surface area contributed by atoms with Crippen molar-refractivity contribution in [1.82, 2.24) is 19.1 Å². The average Bonchev–Trinajstić information content (AvgIpc) is 4.07. The fourth-order valence-electron chi connectivity index (χ4n) is 10.9. The second-order valence-electron chi connectivity index (χ2n) is 18.2. The Morgan fingerprint density at radius 1 is 0.379 bits per heavy atom. The number of furan rings is 1. The second-order valence-corrected chi connectivity index (χ2v) is 18.2. The van der Waals surface area contributed by atoms with Gasteiger partial charge in [-0.05, 0) is 94.0 Å². The lowest BCUT2D eigenvalue weighted by atomic mass is 9.82. The van der Waals surface area contributed by atoms with E-state index in [9.17, 15) is 0 Å². The first-order valence-corrected chi connectivity index (χ1v) is 22.6. The normalized spacial score (nSPS) is 13.1. The van der Waals surface area contributed by atoms with E-state index in [-0.39, 0.29) is 5.41 Å². The van der Waals surface area contributed by atoms with E-state index in [1.54, 1.807) is 0 Å². The summed E-state index contributed by atoms with van der Waals surface area (Å²) in [5.74, 6) is 1.52. The third kappa shape index (κ3) is 5.34. The topological polar surface area (TPSA) is 48.8 Å². The molecule has 1 aliphatic carbocycles. The summed E-state index contributed by atoms with van der Waals surface area (Å²) in [6.07, 6.45) is 0. The summed E-state index contributed by atoms with van der Waals surface area (Å²) in [5, 5.41) is 6.99. The van der Waals surface area contributed by atoms with Crippen molar-refractivity contribution >= 4 is 65.6 Å². The number of benzene rings is 9. The Bertz CT molecular complexity index is 4060. The van der Waals surface area contributed by atoms with E-state index in [0.717, 1.165) is 77.9 Å². The molecule has 0 saturated carbocycles. The molecule has 0 bridgehead atoms. The number of fused-ring (bicyclic) bond motifs is 12. The Balaban J connectivity index is 0.998. The second kappa shape index (κ2) is 13.7. The van der Waals surface area contributed by atoms with Crippen LogP contribution in [0.1, 0.15) is 25.0 Å². The molecule has 66 heavy (non-hydrogen) atoms. The van der Waals surface area contributed by atoms with E-state index >= 15 is 0 Å². The van der Waals surface area contributed by atoms with E-state index in [2.05, 4.69) is 205 Å². The van der Waals surface area contributed by atoms with Gasteiger partial charge in [-0.1, -0.05) is 147 Å². The lowest BCUT2D eigenvalue weighted by Gasteiger charge is -2.21. The molecule has 4 heterocycles. The van der Waals surface area contributed by atoms with Crippen LogP contribution in [0.25, 0.3) is 122 Å². The van der Waals surface area contributed by atoms with Crippen LogP contribution < -0.4 is 0 Å². The van der Waals surface area contributed by atoms with Crippen LogP contribution in [0, 0.1) is 0 Å². The molecular formula is C61H40N4O. The largest absolute Gasteiger partial charge is 0.456 e. The highest BCUT2D eigenvalue weighted by atomic mass is 16.3. The summed E-state index contributed by atoms with van der Waals surface area (Å²) in [7, 11) is 0. The summed E-state index contributed by atoms with van der Waals surface area (Å²) in [5.41, 5.74) is 17.6. The number of hydrogen-bond donors (Lipinski definition) is 0. The van der Waals surface area contributed by atoms with Crippen molar-refractivity contribution in [2.24, 2.45) is 0 Å². The van der Waals surface area contributed by atoms with E-state index in [1.807, 2.05) is 24.3 Å². The fourth-order valence-corrected chi connectivity index (χ4v) is 10.9. The number of aromatic nitrogens is 4. The zero-order valence-corrected chi connectivity index (χ0v) is 36.3. The van der Waals surface area contributed by atoms with Gasteiger partial charge in [-0.3, -0.25) is 4.57 Å². The van der Waals surface area contributed by atoms with Crippen LogP contribution in [0.4, 0.5) is 0 Å². The lowest BCUT2D eigenvalue weighted by molar-refractivity contribution is 0.661. The minimum Gasteiger partial charge on any atom is -0.456 e. The molecule has 14 rings (SSSR count). The maximum absolute atomic E-state index is 6.66. The molecule has 5 heteroatoms. The monoisotopic (exact) mass is 844 g/mol. The Kier molecular flexibility index (Phi) is 7.68. The summed E-state index contributed by atoms with van der Waals surface area (Å²) in [6, 6.07) is 74.0. The molecule has 0 unspecified atom stereocenters. The predicted molar refractivity (Wildman–Crippen MR) is 272 cm³/mol. The van der Waals surface area contributed by atoms with Gasteiger partial charge >= 0.3 is 0 Å². The predicted octanol–water partition coefficient (Wildman–Crippen LogP) is 15.9. The molecule has 310 valence electrons. The first kappa shape index (κ1) is 36.9. The molecular weight excluding hydrogens is 805 g/mol. The third-order valence-electron chi connectivity index (χ3n) is 14.1. The van der Waals surface area contributed by atoms with Crippen LogP contribution in [0.5, 0.6) is 0 Å². The Morgan fingerprint density at radius 2 is 1.00 bits per heavy atom. The van der Waals surface area contributed by atoms with Crippen molar-refractivity contribution in [1.29, 1.82) is 0 Å². The molecule has 9 aromatic carbocycles. The number of para-hydroxylation sites is 2.